The zero-order valence-corrected chi connectivity index (χ0v) is 15.5. The van der Waals surface area contributed by atoms with Crippen molar-refractivity contribution in [2.24, 2.45) is 0 Å². The summed E-state index contributed by atoms with van der Waals surface area (Å²) in [6, 6.07) is 13.0. The molecule has 0 aliphatic carbocycles. The molecule has 0 radical (unpaired) electrons. The fraction of sp³-hybridized carbons (Fsp3) is 0.238. The second-order valence-corrected chi connectivity index (χ2v) is 7.90. The summed E-state index contributed by atoms with van der Waals surface area (Å²) in [4.78, 5) is 8.82. The van der Waals surface area contributed by atoms with Crippen LogP contribution in [0.1, 0.15) is 22.4 Å². The largest absolute Gasteiger partial charge is 0.294 e. The number of benzene rings is 1. The van der Waals surface area contributed by atoms with E-state index < -0.39 is 0 Å². The van der Waals surface area contributed by atoms with E-state index in [1.807, 2.05) is 6.20 Å². The van der Waals surface area contributed by atoms with Crippen LogP contribution in [0.3, 0.4) is 0 Å². The lowest BCUT2D eigenvalue weighted by atomic mass is 10.0. The molecule has 1 aliphatic heterocycles. The number of nitrogens with zero attached hydrogens (tertiary/aromatic N) is 3. The summed E-state index contributed by atoms with van der Waals surface area (Å²) in [5.74, 6) is 0. The number of thiophene rings is 1. The Balaban J connectivity index is 1.57. The van der Waals surface area contributed by atoms with Crippen molar-refractivity contribution in [2.75, 3.05) is 6.54 Å². The Hall–Kier alpha value is -2.50. The third-order valence-electron chi connectivity index (χ3n) is 5.15. The topological polar surface area (TPSA) is 44.8 Å². The van der Waals surface area contributed by atoms with Crippen LogP contribution in [0, 0.1) is 6.92 Å². The minimum Gasteiger partial charge on any atom is -0.294 e. The monoisotopic (exact) mass is 360 g/mol. The molecule has 0 spiro atoms. The highest BCUT2D eigenvalue weighted by Crippen LogP contribution is 2.31. The summed E-state index contributed by atoms with van der Waals surface area (Å²) < 4.78 is 0. The summed E-state index contributed by atoms with van der Waals surface area (Å²) in [7, 11) is 0. The number of aryl methyl sites for hydroxylation is 1. The molecule has 0 saturated carbocycles. The molecule has 5 heteroatoms. The van der Waals surface area contributed by atoms with Crippen molar-refractivity contribution < 1.29 is 0 Å². The van der Waals surface area contributed by atoms with E-state index in [2.05, 4.69) is 63.8 Å². The zero-order chi connectivity index (χ0) is 17.5. The van der Waals surface area contributed by atoms with Crippen LogP contribution in [0.25, 0.3) is 21.5 Å². The third kappa shape index (κ3) is 2.73. The van der Waals surface area contributed by atoms with E-state index in [1.54, 1.807) is 11.3 Å². The highest BCUT2D eigenvalue weighted by atomic mass is 32.1. The summed E-state index contributed by atoms with van der Waals surface area (Å²) in [5, 5.41) is 10.7. The smallest absolute Gasteiger partial charge is 0.0854 e. The lowest BCUT2D eigenvalue weighted by Gasteiger charge is -2.27. The first-order chi connectivity index (χ1) is 12.8. The highest BCUT2D eigenvalue weighted by molar-refractivity contribution is 7.13. The van der Waals surface area contributed by atoms with Crippen LogP contribution in [-0.4, -0.2) is 26.6 Å². The molecule has 3 aromatic heterocycles. The molecule has 0 amide bonds. The van der Waals surface area contributed by atoms with Crippen LogP contribution in [0.5, 0.6) is 0 Å². The maximum Gasteiger partial charge on any atom is 0.0854 e. The van der Waals surface area contributed by atoms with Gasteiger partial charge in [0.25, 0.3) is 0 Å². The maximum absolute atomic E-state index is 5.08. The maximum atomic E-state index is 5.08. The second kappa shape index (κ2) is 6.34. The number of pyridine rings is 1. The van der Waals surface area contributed by atoms with E-state index in [9.17, 15) is 0 Å². The molecular weight excluding hydrogens is 340 g/mol. The predicted molar refractivity (Wildman–Crippen MR) is 106 cm³/mol. The number of para-hydroxylation sites is 1. The molecule has 0 bridgehead atoms. The van der Waals surface area contributed by atoms with Gasteiger partial charge in [-0.15, -0.1) is 11.3 Å². The minimum absolute atomic E-state index is 0.911. The average Bonchev–Trinajstić information content (AvgIpc) is 3.33. The first kappa shape index (κ1) is 15.7. The fourth-order valence-corrected chi connectivity index (χ4v) is 4.54. The van der Waals surface area contributed by atoms with E-state index in [4.69, 9.17) is 4.98 Å². The van der Waals surface area contributed by atoms with E-state index in [-0.39, 0.29) is 0 Å². The molecule has 1 aliphatic rings. The van der Waals surface area contributed by atoms with Gasteiger partial charge in [-0.2, -0.15) is 5.10 Å². The summed E-state index contributed by atoms with van der Waals surface area (Å²) in [5.41, 5.74) is 7.37. The van der Waals surface area contributed by atoms with Gasteiger partial charge in [0.2, 0.25) is 0 Å². The number of fused-ring (bicyclic) bond motifs is 2. The van der Waals surface area contributed by atoms with Crippen molar-refractivity contribution in [2.45, 2.75) is 26.4 Å². The minimum atomic E-state index is 0.911. The molecule has 0 atom stereocenters. The van der Waals surface area contributed by atoms with Crippen LogP contribution < -0.4 is 0 Å². The Morgan fingerprint density at radius 2 is 2.19 bits per heavy atom. The van der Waals surface area contributed by atoms with E-state index >= 15 is 0 Å². The highest BCUT2D eigenvalue weighted by Gasteiger charge is 2.20. The van der Waals surface area contributed by atoms with Crippen molar-refractivity contribution in [1.82, 2.24) is 20.1 Å². The van der Waals surface area contributed by atoms with Crippen LogP contribution in [0.2, 0.25) is 0 Å². The third-order valence-corrected chi connectivity index (χ3v) is 6.03. The van der Waals surface area contributed by atoms with Crippen molar-refractivity contribution in [3.63, 3.8) is 0 Å². The number of nitrogens with one attached hydrogen (secondary N) is 1. The molecule has 0 fully saturated rings. The van der Waals surface area contributed by atoms with Gasteiger partial charge in [-0.3, -0.25) is 10.00 Å². The summed E-state index contributed by atoms with van der Waals surface area (Å²) in [6.45, 7) is 5.04. The standard InChI is InChI=1S/C21H20N4S/c1-14-4-2-5-15-10-16(21(23-20(14)15)19-6-3-9-26-19)12-25-8-7-18-17(13-25)11-22-24-18/h2-6,9-11H,7-8,12-13H2,1H3,(H,22,24). The number of hydrogen-bond donors (Lipinski definition) is 1. The second-order valence-electron chi connectivity index (χ2n) is 6.95. The zero-order valence-electron chi connectivity index (χ0n) is 14.7. The van der Waals surface area contributed by atoms with Crippen LogP contribution >= 0.6 is 11.3 Å². The van der Waals surface area contributed by atoms with Crippen molar-refractivity contribution in [3.8, 4) is 10.6 Å². The summed E-state index contributed by atoms with van der Waals surface area (Å²) >= 11 is 1.76. The molecule has 1 N–H and O–H groups in total. The van der Waals surface area contributed by atoms with Gasteiger partial charge < -0.3 is 0 Å². The number of hydrogen-bond acceptors (Lipinski definition) is 4. The molecule has 0 unspecified atom stereocenters. The molecule has 130 valence electrons. The van der Waals surface area contributed by atoms with Crippen molar-refractivity contribution in [3.05, 3.63) is 70.4 Å². The predicted octanol–water partition coefficient (Wildman–Crippen LogP) is 4.55. The molecular formula is C21H20N4S. The van der Waals surface area contributed by atoms with E-state index in [0.29, 0.717) is 0 Å². The average molecular weight is 360 g/mol. The number of aromatic nitrogens is 3. The molecule has 0 saturated heterocycles. The van der Waals surface area contributed by atoms with Gasteiger partial charge in [-0.25, -0.2) is 4.98 Å². The normalized spacial score (nSPS) is 14.7. The van der Waals surface area contributed by atoms with Gasteiger partial charge in [0, 0.05) is 42.7 Å². The lowest BCUT2D eigenvalue weighted by molar-refractivity contribution is 0.245. The Morgan fingerprint density at radius 1 is 1.23 bits per heavy atom. The molecule has 4 aromatic rings. The van der Waals surface area contributed by atoms with Crippen LogP contribution in [-0.2, 0) is 19.5 Å². The Bertz CT molecular complexity index is 1070. The quantitative estimate of drug-likeness (QED) is 0.583. The van der Waals surface area contributed by atoms with E-state index in [0.717, 1.165) is 37.3 Å². The first-order valence-electron chi connectivity index (χ1n) is 8.94. The molecule has 1 aromatic carbocycles. The molecule has 26 heavy (non-hydrogen) atoms. The molecule has 4 heterocycles. The van der Waals surface area contributed by atoms with E-state index in [1.165, 1.54) is 32.6 Å². The SMILES string of the molecule is Cc1cccc2cc(CN3CCc4[nH]ncc4C3)c(-c3cccs3)nc12. The Kier molecular flexibility index (Phi) is 3.84. The Morgan fingerprint density at radius 3 is 3.08 bits per heavy atom. The summed E-state index contributed by atoms with van der Waals surface area (Å²) in [6.07, 6.45) is 2.99. The van der Waals surface area contributed by atoms with Gasteiger partial charge in [0.05, 0.1) is 22.3 Å². The van der Waals surface area contributed by atoms with Crippen molar-refractivity contribution >= 4 is 22.2 Å². The van der Waals surface area contributed by atoms with Crippen molar-refractivity contribution in [1.29, 1.82) is 0 Å². The van der Waals surface area contributed by atoms with Crippen LogP contribution in [0.4, 0.5) is 0 Å². The number of aromatic amines is 1. The van der Waals surface area contributed by atoms with Gasteiger partial charge in [0.1, 0.15) is 0 Å². The van der Waals surface area contributed by atoms with Gasteiger partial charge >= 0.3 is 0 Å². The number of rotatable bonds is 3. The molecule has 5 rings (SSSR count). The fourth-order valence-electron chi connectivity index (χ4n) is 3.79. The van der Waals surface area contributed by atoms with Gasteiger partial charge in [-0.05, 0) is 35.6 Å². The Labute approximate surface area is 156 Å². The van der Waals surface area contributed by atoms with Gasteiger partial charge in [-0.1, -0.05) is 24.3 Å². The lowest BCUT2D eigenvalue weighted by Crippen LogP contribution is -2.30. The first-order valence-corrected chi connectivity index (χ1v) is 9.82. The molecule has 4 nitrogen and oxygen atoms in total. The van der Waals surface area contributed by atoms with Gasteiger partial charge in [0.15, 0.2) is 0 Å². The number of H-pyrrole nitrogens is 1. The van der Waals surface area contributed by atoms with Crippen LogP contribution in [0.15, 0.2) is 48.0 Å².